The third-order valence-corrected chi connectivity index (χ3v) is 5.26. The van der Waals surface area contributed by atoms with Gasteiger partial charge in [-0.05, 0) is 56.1 Å². The van der Waals surface area contributed by atoms with Crippen LogP contribution in [-0.2, 0) is 0 Å². The molecule has 4 heteroatoms. The zero-order valence-electron chi connectivity index (χ0n) is 13.1. The summed E-state index contributed by atoms with van der Waals surface area (Å²) in [7, 11) is 1.70. The number of aliphatic hydroxyl groups is 1. The number of hydrogen-bond donors (Lipinski definition) is 2. The van der Waals surface area contributed by atoms with Crippen LogP contribution >= 0.6 is 11.8 Å². The van der Waals surface area contributed by atoms with Crippen LogP contribution in [0.1, 0.15) is 39.0 Å². The van der Waals surface area contributed by atoms with Crippen LogP contribution in [0.5, 0.6) is 5.75 Å². The van der Waals surface area contributed by atoms with Gasteiger partial charge in [0.1, 0.15) is 5.75 Å². The summed E-state index contributed by atoms with van der Waals surface area (Å²) in [5, 5.41) is 13.4. The van der Waals surface area contributed by atoms with Crippen LogP contribution in [0.25, 0.3) is 0 Å². The number of methoxy groups -OCH3 is 1. The van der Waals surface area contributed by atoms with E-state index in [0.717, 1.165) is 30.8 Å². The summed E-state index contributed by atoms with van der Waals surface area (Å²) in [5.41, 5.74) is -0.0733. The van der Waals surface area contributed by atoms with Crippen molar-refractivity contribution in [2.24, 2.45) is 0 Å². The molecule has 118 valence electrons. The number of nitrogens with one attached hydrogen (secondary N) is 1. The molecule has 1 aromatic carbocycles. The molecule has 0 aliphatic heterocycles. The fourth-order valence-electron chi connectivity index (χ4n) is 2.54. The van der Waals surface area contributed by atoms with E-state index in [0.29, 0.717) is 6.04 Å². The minimum absolute atomic E-state index is 0.0733. The smallest absolute Gasteiger partial charge is 0.119 e. The Bertz CT molecular complexity index is 431. The minimum atomic E-state index is -0.0733. The van der Waals surface area contributed by atoms with E-state index < -0.39 is 0 Å². The molecule has 1 fully saturated rings. The molecule has 1 aliphatic rings. The normalized spacial score (nSPS) is 17.5. The van der Waals surface area contributed by atoms with Crippen molar-refractivity contribution in [1.29, 1.82) is 0 Å². The number of aliphatic hydroxyl groups excluding tert-OH is 1. The van der Waals surface area contributed by atoms with Gasteiger partial charge in [0.15, 0.2) is 0 Å². The minimum Gasteiger partial charge on any atom is -0.497 e. The fourth-order valence-corrected chi connectivity index (χ4v) is 3.44. The van der Waals surface area contributed by atoms with E-state index in [1.807, 2.05) is 23.9 Å². The molecule has 0 amide bonds. The largest absolute Gasteiger partial charge is 0.497 e. The van der Waals surface area contributed by atoms with Gasteiger partial charge in [-0.15, -0.1) is 11.8 Å². The maximum Gasteiger partial charge on any atom is 0.119 e. The van der Waals surface area contributed by atoms with E-state index in [9.17, 15) is 5.11 Å². The molecule has 0 saturated heterocycles. The van der Waals surface area contributed by atoms with E-state index in [1.54, 1.807) is 7.11 Å². The lowest BCUT2D eigenvalue weighted by atomic mass is 9.91. The number of ether oxygens (including phenoxy) is 1. The molecule has 1 aromatic rings. The summed E-state index contributed by atoms with van der Waals surface area (Å²) >= 11 is 1.86. The first-order valence-corrected chi connectivity index (χ1v) is 8.85. The predicted molar refractivity (Wildman–Crippen MR) is 89.2 cm³/mol. The molecule has 3 nitrogen and oxygen atoms in total. The number of benzene rings is 1. The monoisotopic (exact) mass is 309 g/mol. The van der Waals surface area contributed by atoms with Crippen molar-refractivity contribution in [2.45, 2.75) is 55.5 Å². The molecule has 0 radical (unpaired) electrons. The first-order chi connectivity index (χ1) is 10.2. The lowest BCUT2D eigenvalue weighted by Crippen LogP contribution is -2.49. The summed E-state index contributed by atoms with van der Waals surface area (Å²) in [4.78, 5) is 1.25. The highest BCUT2D eigenvalue weighted by Crippen LogP contribution is 2.29. The molecule has 21 heavy (non-hydrogen) atoms. The zero-order valence-corrected chi connectivity index (χ0v) is 13.9. The summed E-state index contributed by atoms with van der Waals surface area (Å²) in [5.74, 6) is 1.98. The van der Waals surface area contributed by atoms with Crippen molar-refractivity contribution in [3.63, 3.8) is 0 Å². The highest BCUT2D eigenvalue weighted by Gasteiger charge is 2.33. The maximum atomic E-state index is 9.75. The van der Waals surface area contributed by atoms with E-state index >= 15 is 0 Å². The van der Waals surface area contributed by atoms with Crippen LogP contribution in [0.4, 0.5) is 0 Å². The topological polar surface area (TPSA) is 41.5 Å². The molecular formula is C17H27NO2S. The number of thioether (sulfide) groups is 1. The van der Waals surface area contributed by atoms with Crippen molar-refractivity contribution in [1.82, 2.24) is 5.32 Å². The Hall–Kier alpha value is -0.710. The van der Waals surface area contributed by atoms with Crippen LogP contribution in [0, 0.1) is 0 Å². The van der Waals surface area contributed by atoms with Crippen LogP contribution in [0.3, 0.4) is 0 Å². The summed E-state index contributed by atoms with van der Waals surface area (Å²) in [6, 6.07) is 8.83. The zero-order chi connectivity index (χ0) is 15.1. The third-order valence-electron chi connectivity index (χ3n) is 4.18. The predicted octanol–water partition coefficient (Wildman–Crippen LogP) is 3.46. The lowest BCUT2D eigenvalue weighted by molar-refractivity contribution is 0.144. The van der Waals surface area contributed by atoms with Crippen molar-refractivity contribution < 1.29 is 9.84 Å². The van der Waals surface area contributed by atoms with Gasteiger partial charge in [-0.25, -0.2) is 0 Å². The highest BCUT2D eigenvalue weighted by atomic mass is 32.2. The SMILES string of the molecule is CCC(CO)(CCCSc1cccc(OC)c1)NC1CC1. The second kappa shape index (κ2) is 8.06. The molecule has 0 aromatic heterocycles. The lowest BCUT2D eigenvalue weighted by Gasteiger charge is -2.32. The van der Waals surface area contributed by atoms with E-state index in [1.165, 1.54) is 17.7 Å². The van der Waals surface area contributed by atoms with Gasteiger partial charge in [0.25, 0.3) is 0 Å². The van der Waals surface area contributed by atoms with Crippen molar-refractivity contribution in [3.8, 4) is 5.75 Å². The van der Waals surface area contributed by atoms with Crippen molar-refractivity contribution in [2.75, 3.05) is 19.5 Å². The molecule has 0 bridgehead atoms. The first-order valence-electron chi connectivity index (χ1n) is 7.87. The van der Waals surface area contributed by atoms with Crippen LogP contribution in [0.2, 0.25) is 0 Å². The molecule has 1 saturated carbocycles. The first kappa shape index (κ1) is 16.7. The molecule has 2 rings (SSSR count). The van der Waals surface area contributed by atoms with E-state index in [2.05, 4.69) is 24.4 Å². The van der Waals surface area contributed by atoms with Crippen molar-refractivity contribution >= 4 is 11.8 Å². The quantitative estimate of drug-likeness (QED) is 0.513. The summed E-state index contributed by atoms with van der Waals surface area (Å²) in [6.45, 7) is 2.41. The standard InChI is InChI=1S/C17H27NO2S/c1-3-17(13-19,18-14-8-9-14)10-5-11-21-16-7-4-6-15(12-16)20-2/h4,6-7,12,14,18-19H,3,5,8-11,13H2,1-2H3. The van der Waals surface area contributed by atoms with Crippen LogP contribution in [0.15, 0.2) is 29.2 Å². The average molecular weight is 309 g/mol. The average Bonchev–Trinajstić information content (AvgIpc) is 3.34. The Labute approximate surface area is 132 Å². The second-order valence-corrected chi connectivity index (χ2v) is 7.01. The Balaban J connectivity index is 1.76. The molecule has 0 spiro atoms. The molecule has 0 heterocycles. The molecule has 1 aliphatic carbocycles. The van der Waals surface area contributed by atoms with Gasteiger partial charge < -0.3 is 15.2 Å². The third kappa shape index (κ3) is 5.20. The van der Waals surface area contributed by atoms with Crippen LogP contribution < -0.4 is 10.1 Å². The molecule has 1 unspecified atom stereocenters. The highest BCUT2D eigenvalue weighted by molar-refractivity contribution is 7.99. The molecular weight excluding hydrogens is 282 g/mol. The van der Waals surface area contributed by atoms with Gasteiger partial charge in [0.2, 0.25) is 0 Å². The summed E-state index contributed by atoms with van der Waals surface area (Å²) in [6.07, 6.45) is 5.66. The second-order valence-electron chi connectivity index (χ2n) is 5.84. The molecule has 1 atom stereocenters. The van der Waals surface area contributed by atoms with Gasteiger partial charge in [0, 0.05) is 16.5 Å². The Morgan fingerprint density at radius 2 is 2.24 bits per heavy atom. The fraction of sp³-hybridized carbons (Fsp3) is 0.647. The van der Waals surface area contributed by atoms with Crippen molar-refractivity contribution in [3.05, 3.63) is 24.3 Å². The van der Waals surface area contributed by atoms with E-state index in [4.69, 9.17) is 4.74 Å². The maximum absolute atomic E-state index is 9.75. The molecule has 2 N–H and O–H groups in total. The van der Waals surface area contributed by atoms with Gasteiger partial charge in [0.05, 0.1) is 13.7 Å². The Morgan fingerprint density at radius 3 is 2.86 bits per heavy atom. The van der Waals surface area contributed by atoms with Gasteiger partial charge in [-0.2, -0.15) is 0 Å². The van der Waals surface area contributed by atoms with Gasteiger partial charge >= 0.3 is 0 Å². The summed E-state index contributed by atoms with van der Waals surface area (Å²) < 4.78 is 5.24. The Kier molecular flexibility index (Phi) is 6.40. The number of rotatable bonds is 10. The number of hydrogen-bond acceptors (Lipinski definition) is 4. The van der Waals surface area contributed by atoms with E-state index in [-0.39, 0.29) is 12.1 Å². The van der Waals surface area contributed by atoms with Crippen LogP contribution in [-0.4, -0.2) is 36.2 Å². The van der Waals surface area contributed by atoms with Gasteiger partial charge in [-0.1, -0.05) is 13.0 Å². The Morgan fingerprint density at radius 1 is 1.43 bits per heavy atom. The van der Waals surface area contributed by atoms with Gasteiger partial charge in [-0.3, -0.25) is 0 Å².